The second-order valence-corrected chi connectivity index (χ2v) is 6.02. The van der Waals surface area contributed by atoms with Gasteiger partial charge in [-0.15, -0.1) is 0 Å². The normalized spacial score (nSPS) is 15.5. The number of hydrogen-bond donors (Lipinski definition) is 2. The molecule has 126 valence electrons. The zero-order valence-electron chi connectivity index (χ0n) is 13.8. The van der Waals surface area contributed by atoms with E-state index < -0.39 is 11.8 Å². The number of carbonyl (C=O) groups is 2. The molecule has 1 aliphatic carbocycles. The van der Waals surface area contributed by atoms with E-state index in [2.05, 4.69) is 10.6 Å². The van der Waals surface area contributed by atoms with E-state index in [4.69, 9.17) is 4.74 Å². The summed E-state index contributed by atoms with van der Waals surface area (Å²) in [5.74, 6) is -0.264. The second kappa shape index (κ2) is 9.18. The Hall–Kier alpha value is -2.04. The fourth-order valence-corrected chi connectivity index (χ4v) is 2.90. The summed E-state index contributed by atoms with van der Waals surface area (Å²) >= 11 is 0. The molecule has 0 saturated heterocycles. The fourth-order valence-electron chi connectivity index (χ4n) is 2.90. The van der Waals surface area contributed by atoms with Crippen molar-refractivity contribution >= 4 is 11.8 Å². The van der Waals surface area contributed by atoms with Crippen LogP contribution in [0.15, 0.2) is 24.3 Å². The molecule has 0 unspecified atom stereocenters. The van der Waals surface area contributed by atoms with Crippen molar-refractivity contribution in [1.29, 1.82) is 0 Å². The molecule has 2 N–H and O–H groups in total. The predicted molar refractivity (Wildman–Crippen MR) is 89.3 cm³/mol. The van der Waals surface area contributed by atoms with Gasteiger partial charge in [-0.3, -0.25) is 9.59 Å². The highest BCUT2D eigenvalue weighted by Crippen LogP contribution is 2.17. The maximum absolute atomic E-state index is 11.9. The molecule has 1 aromatic carbocycles. The molecular weight excluding hydrogens is 292 g/mol. The summed E-state index contributed by atoms with van der Waals surface area (Å²) in [4.78, 5) is 23.8. The summed E-state index contributed by atoms with van der Waals surface area (Å²) < 4.78 is 5.16. The summed E-state index contributed by atoms with van der Waals surface area (Å²) in [5.41, 5.74) is 1.06. The van der Waals surface area contributed by atoms with E-state index in [0.29, 0.717) is 13.0 Å². The molecule has 2 rings (SSSR count). The van der Waals surface area contributed by atoms with Crippen LogP contribution in [0.5, 0.6) is 5.75 Å². The van der Waals surface area contributed by atoms with Crippen molar-refractivity contribution in [3.8, 4) is 5.75 Å². The Morgan fingerprint density at radius 3 is 2.57 bits per heavy atom. The van der Waals surface area contributed by atoms with Gasteiger partial charge in [-0.05, 0) is 37.0 Å². The lowest BCUT2D eigenvalue weighted by atomic mass is 10.1. The Morgan fingerprint density at radius 2 is 1.87 bits per heavy atom. The van der Waals surface area contributed by atoms with Crippen LogP contribution in [0.4, 0.5) is 0 Å². The number of nitrogens with one attached hydrogen (secondary N) is 2. The summed E-state index contributed by atoms with van der Waals surface area (Å²) in [6.45, 7) is 0.435. The monoisotopic (exact) mass is 318 g/mol. The van der Waals surface area contributed by atoms with Gasteiger partial charge in [0.25, 0.3) is 0 Å². The smallest absolute Gasteiger partial charge is 0.309 e. The molecule has 5 heteroatoms. The molecule has 0 atom stereocenters. The van der Waals surface area contributed by atoms with Crippen LogP contribution in [-0.2, 0) is 16.0 Å². The first-order valence-corrected chi connectivity index (χ1v) is 8.40. The number of carbonyl (C=O) groups excluding carboxylic acids is 2. The standard InChI is InChI=1S/C18H26N2O3/c1-23-16-10-6-7-14(13-16)11-12-19-17(21)18(22)20-15-8-4-2-3-5-9-15/h6-7,10,13,15H,2-5,8-9,11-12H2,1H3,(H,19,21)(H,20,22). The van der Waals surface area contributed by atoms with Gasteiger partial charge < -0.3 is 15.4 Å². The largest absolute Gasteiger partial charge is 0.497 e. The molecule has 2 amide bonds. The molecular formula is C18H26N2O3. The van der Waals surface area contributed by atoms with E-state index in [9.17, 15) is 9.59 Å². The van der Waals surface area contributed by atoms with Gasteiger partial charge in [-0.1, -0.05) is 37.8 Å². The van der Waals surface area contributed by atoms with E-state index >= 15 is 0 Å². The van der Waals surface area contributed by atoms with Gasteiger partial charge in [0.15, 0.2) is 0 Å². The van der Waals surface area contributed by atoms with Gasteiger partial charge in [0.05, 0.1) is 7.11 Å². The summed E-state index contributed by atoms with van der Waals surface area (Å²) in [5, 5.41) is 5.54. The number of ether oxygens (including phenoxy) is 1. The zero-order valence-corrected chi connectivity index (χ0v) is 13.8. The van der Waals surface area contributed by atoms with Crippen LogP contribution in [-0.4, -0.2) is 31.5 Å². The predicted octanol–water partition coefficient (Wildman–Crippen LogP) is 2.19. The Labute approximate surface area is 137 Å². The minimum absolute atomic E-state index is 0.147. The molecule has 1 saturated carbocycles. The number of methoxy groups -OCH3 is 1. The molecule has 0 radical (unpaired) electrons. The van der Waals surface area contributed by atoms with E-state index in [0.717, 1.165) is 37.0 Å². The SMILES string of the molecule is COc1cccc(CCNC(=O)C(=O)NC2CCCCCC2)c1. The summed E-state index contributed by atoms with van der Waals surface area (Å²) in [7, 11) is 1.62. The van der Waals surface area contributed by atoms with E-state index in [1.807, 2.05) is 24.3 Å². The van der Waals surface area contributed by atoms with Crippen molar-refractivity contribution < 1.29 is 14.3 Å². The lowest BCUT2D eigenvalue weighted by Crippen LogP contribution is -2.44. The number of benzene rings is 1. The third-order valence-corrected chi connectivity index (χ3v) is 4.23. The highest BCUT2D eigenvalue weighted by Gasteiger charge is 2.19. The zero-order chi connectivity index (χ0) is 16.5. The van der Waals surface area contributed by atoms with Crippen LogP contribution < -0.4 is 15.4 Å². The van der Waals surface area contributed by atoms with Gasteiger partial charge in [-0.25, -0.2) is 0 Å². The van der Waals surface area contributed by atoms with E-state index in [1.165, 1.54) is 12.8 Å². The molecule has 23 heavy (non-hydrogen) atoms. The average Bonchev–Trinajstić information content (AvgIpc) is 2.83. The van der Waals surface area contributed by atoms with Gasteiger partial charge in [-0.2, -0.15) is 0 Å². The molecule has 1 aliphatic rings. The van der Waals surface area contributed by atoms with Crippen molar-refractivity contribution in [1.82, 2.24) is 10.6 Å². The molecule has 0 aliphatic heterocycles. The van der Waals surface area contributed by atoms with Crippen molar-refractivity contribution in [2.75, 3.05) is 13.7 Å². The van der Waals surface area contributed by atoms with Crippen molar-refractivity contribution in [3.05, 3.63) is 29.8 Å². The Kier molecular flexibility index (Phi) is 6.91. The minimum Gasteiger partial charge on any atom is -0.497 e. The summed E-state index contributed by atoms with van der Waals surface area (Å²) in [6.07, 6.45) is 7.31. The van der Waals surface area contributed by atoms with Gasteiger partial charge >= 0.3 is 11.8 Å². The first-order valence-electron chi connectivity index (χ1n) is 8.40. The molecule has 0 heterocycles. The van der Waals surface area contributed by atoms with Crippen molar-refractivity contribution in [2.45, 2.75) is 51.0 Å². The fraction of sp³-hybridized carbons (Fsp3) is 0.556. The summed E-state index contributed by atoms with van der Waals surface area (Å²) in [6, 6.07) is 7.84. The topological polar surface area (TPSA) is 67.4 Å². The average molecular weight is 318 g/mol. The second-order valence-electron chi connectivity index (χ2n) is 6.02. The number of rotatable bonds is 5. The molecule has 1 fully saturated rings. The van der Waals surface area contributed by atoms with E-state index in [-0.39, 0.29) is 6.04 Å². The highest BCUT2D eigenvalue weighted by molar-refractivity contribution is 6.35. The van der Waals surface area contributed by atoms with E-state index in [1.54, 1.807) is 7.11 Å². The first kappa shape index (κ1) is 17.3. The molecule has 1 aromatic rings. The van der Waals surface area contributed by atoms with Crippen LogP contribution in [0.2, 0.25) is 0 Å². The Bertz CT molecular complexity index is 523. The molecule has 0 bridgehead atoms. The minimum atomic E-state index is -0.544. The van der Waals surface area contributed by atoms with Crippen LogP contribution in [0.25, 0.3) is 0 Å². The van der Waals surface area contributed by atoms with Crippen LogP contribution in [0, 0.1) is 0 Å². The maximum atomic E-state index is 11.9. The lowest BCUT2D eigenvalue weighted by Gasteiger charge is -2.15. The van der Waals surface area contributed by atoms with Crippen LogP contribution >= 0.6 is 0 Å². The number of hydrogen-bond acceptors (Lipinski definition) is 3. The molecule has 5 nitrogen and oxygen atoms in total. The van der Waals surface area contributed by atoms with Crippen LogP contribution in [0.1, 0.15) is 44.1 Å². The molecule has 0 spiro atoms. The van der Waals surface area contributed by atoms with Crippen LogP contribution in [0.3, 0.4) is 0 Å². The molecule has 0 aromatic heterocycles. The maximum Gasteiger partial charge on any atom is 0.309 e. The third kappa shape index (κ3) is 5.93. The first-order chi connectivity index (χ1) is 11.2. The van der Waals surface area contributed by atoms with Gasteiger partial charge in [0.2, 0.25) is 0 Å². The Morgan fingerprint density at radius 1 is 1.13 bits per heavy atom. The highest BCUT2D eigenvalue weighted by atomic mass is 16.5. The van der Waals surface area contributed by atoms with Gasteiger partial charge in [0.1, 0.15) is 5.75 Å². The van der Waals surface area contributed by atoms with Crippen molar-refractivity contribution in [3.63, 3.8) is 0 Å². The van der Waals surface area contributed by atoms with Crippen molar-refractivity contribution in [2.24, 2.45) is 0 Å². The Balaban J connectivity index is 1.71. The lowest BCUT2D eigenvalue weighted by molar-refractivity contribution is -0.139. The quantitative estimate of drug-likeness (QED) is 0.646. The van der Waals surface area contributed by atoms with Gasteiger partial charge in [0, 0.05) is 12.6 Å². The number of amides is 2. The third-order valence-electron chi connectivity index (χ3n) is 4.23.